The molecular weight excluding hydrogens is 349 g/mol. The van der Waals surface area contributed by atoms with Crippen molar-refractivity contribution in [3.8, 4) is 0 Å². The minimum absolute atomic E-state index is 0. The Morgan fingerprint density at radius 1 is 1.00 bits per heavy atom. The van der Waals surface area contributed by atoms with Crippen molar-refractivity contribution >= 4 is 30.7 Å². The van der Waals surface area contributed by atoms with Gasteiger partial charge in [-0.1, -0.05) is 6.42 Å². The fourth-order valence-corrected chi connectivity index (χ4v) is 5.20. The van der Waals surface area contributed by atoms with Gasteiger partial charge in [-0.25, -0.2) is 0 Å². The molecule has 2 aliphatic carbocycles. The van der Waals surface area contributed by atoms with E-state index in [4.69, 9.17) is 10.5 Å². The van der Waals surface area contributed by atoms with E-state index >= 15 is 0 Å². The Bertz CT molecular complexity index is 432. The molecule has 0 aromatic carbocycles. The van der Waals surface area contributed by atoms with Gasteiger partial charge in [0.05, 0.1) is 6.10 Å². The molecule has 7 heteroatoms. The van der Waals surface area contributed by atoms with Crippen LogP contribution in [0.15, 0.2) is 0 Å². The Morgan fingerprint density at radius 2 is 1.75 bits per heavy atom. The first kappa shape index (κ1) is 20.2. The zero-order valence-corrected chi connectivity index (χ0v) is 15.9. The van der Waals surface area contributed by atoms with Crippen molar-refractivity contribution in [1.29, 1.82) is 0 Å². The van der Waals surface area contributed by atoms with Crippen LogP contribution in [0.25, 0.3) is 0 Å². The summed E-state index contributed by atoms with van der Waals surface area (Å²) in [5.41, 5.74) is 5.64. The monoisotopic (exact) mass is 379 g/mol. The zero-order chi connectivity index (χ0) is 15.1. The summed E-state index contributed by atoms with van der Waals surface area (Å²) in [4.78, 5) is 17.2. The molecule has 0 aromatic heterocycles. The van der Waals surface area contributed by atoms with E-state index in [1.165, 1.54) is 25.7 Å². The standard InChI is InChI=1S/C17H29N3O2.2ClH/c18-11-14-3-4-16(22-14)17(21)20-7-5-19(6-8-20)15-10-12-1-2-13(15)9-12;;/h12-16H,1-11,18H2;2*1H/t12?,13?,14-,15?,16+;;/m1../s1. The number of rotatable bonds is 3. The van der Waals surface area contributed by atoms with E-state index in [1.54, 1.807) is 0 Å². The van der Waals surface area contributed by atoms with Gasteiger partial charge in [0.2, 0.25) is 0 Å². The molecule has 0 radical (unpaired) electrons. The molecule has 5 atom stereocenters. The van der Waals surface area contributed by atoms with Gasteiger partial charge in [0, 0.05) is 38.8 Å². The van der Waals surface area contributed by atoms with Gasteiger partial charge < -0.3 is 15.4 Å². The van der Waals surface area contributed by atoms with Crippen LogP contribution >= 0.6 is 24.8 Å². The van der Waals surface area contributed by atoms with E-state index in [-0.39, 0.29) is 42.9 Å². The maximum Gasteiger partial charge on any atom is 0.251 e. The van der Waals surface area contributed by atoms with Crippen LogP contribution in [0.5, 0.6) is 0 Å². The number of carbonyl (C=O) groups is 1. The fraction of sp³-hybridized carbons (Fsp3) is 0.941. The van der Waals surface area contributed by atoms with E-state index in [0.717, 1.165) is 56.9 Å². The van der Waals surface area contributed by atoms with Crippen LogP contribution in [0, 0.1) is 11.8 Å². The molecule has 4 rings (SSSR count). The molecule has 2 bridgehead atoms. The molecular formula is C17H31Cl2N3O2. The molecule has 5 nitrogen and oxygen atoms in total. The number of nitrogens with zero attached hydrogens (tertiary/aromatic N) is 2. The first-order chi connectivity index (χ1) is 10.7. The van der Waals surface area contributed by atoms with E-state index in [1.807, 2.05) is 4.90 Å². The second-order valence-electron chi connectivity index (χ2n) is 7.66. The number of hydrogen-bond acceptors (Lipinski definition) is 4. The van der Waals surface area contributed by atoms with E-state index in [0.29, 0.717) is 6.54 Å². The highest BCUT2D eigenvalue weighted by Gasteiger charge is 2.43. The maximum atomic E-state index is 12.6. The lowest BCUT2D eigenvalue weighted by Gasteiger charge is -2.41. The van der Waals surface area contributed by atoms with Crippen LogP contribution in [0.1, 0.15) is 38.5 Å². The second-order valence-corrected chi connectivity index (χ2v) is 7.66. The third-order valence-electron chi connectivity index (χ3n) is 6.44. The quantitative estimate of drug-likeness (QED) is 0.809. The van der Waals surface area contributed by atoms with Crippen molar-refractivity contribution < 1.29 is 9.53 Å². The van der Waals surface area contributed by atoms with Crippen molar-refractivity contribution in [3.05, 3.63) is 0 Å². The summed E-state index contributed by atoms with van der Waals surface area (Å²) in [5, 5.41) is 0. The van der Waals surface area contributed by atoms with Crippen LogP contribution in [0.4, 0.5) is 0 Å². The Hall–Kier alpha value is -0.0700. The minimum atomic E-state index is -0.234. The summed E-state index contributed by atoms with van der Waals surface area (Å²) >= 11 is 0. The molecule has 24 heavy (non-hydrogen) atoms. The Balaban J connectivity index is 0.00000104. The molecule has 3 unspecified atom stereocenters. The van der Waals surface area contributed by atoms with E-state index in [9.17, 15) is 4.79 Å². The smallest absolute Gasteiger partial charge is 0.251 e. The van der Waals surface area contributed by atoms with Gasteiger partial charge in [-0.2, -0.15) is 0 Å². The van der Waals surface area contributed by atoms with Crippen molar-refractivity contribution in [2.24, 2.45) is 17.6 Å². The van der Waals surface area contributed by atoms with Crippen molar-refractivity contribution in [2.75, 3.05) is 32.7 Å². The first-order valence-corrected chi connectivity index (χ1v) is 9.13. The Kier molecular flexibility index (Phi) is 7.21. The lowest BCUT2D eigenvalue weighted by atomic mass is 9.93. The number of piperazine rings is 1. The lowest BCUT2D eigenvalue weighted by Crippen LogP contribution is -2.54. The highest BCUT2D eigenvalue weighted by molar-refractivity contribution is 5.85. The number of hydrogen-bond donors (Lipinski definition) is 1. The van der Waals surface area contributed by atoms with Crippen LogP contribution in [-0.4, -0.2) is 66.7 Å². The van der Waals surface area contributed by atoms with Crippen molar-refractivity contribution in [1.82, 2.24) is 9.80 Å². The number of fused-ring (bicyclic) bond motifs is 2. The predicted octanol–water partition coefficient (Wildman–Crippen LogP) is 1.67. The molecule has 2 N–H and O–H groups in total. The number of nitrogens with two attached hydrogens (primary N) is 1. The maximum absolute atomic E-state index is 12.6. The fourth-order valence-electron chi connectivity index (χ4n) is 5.20. The molecule has 2 saturated carbocycles. The van der Waals surface area contributed by atoms with Gasteiger partial charge in [0.25, 0.3) is 5.91 Å². The van der Waals surface area contributed by atoms with Gasteiger partial charge in [0.1, 0.15) is 6.10 Å². The molecule has 140 valence electrons. The summed E-state index contributed by atoms with van der Waals surface area (Å²) in [6.07, 6.45) is 7.38. The highest BCUT2D eigenvalue weighted by Crippen LogP contribution is 2.46. The third kappa shape index (κ3) is 3.85. The Labute approximate surface area is 157 Å². The third-order valence-corrected chi connectivity index (χ3v) is 6.44. The zero-order valence-electron chi connectivity index (χ0n) is 14.3. The average molecular weight is 380 g/mol. The van der Waals surface area contributed by atoms with Crippen LogP contribution < -0.4 is 5.73 Å². The van der Waals surface area contributed by atoms with Crippen molar-refractivity contribution in [3.63, 3.8) is 0 Å². The van der Waals surface area contributed by atoms with Gasteiger partial charge >= 0.3 is 0 Å². The summed E-state index contributed by atoms with van der Waals surface area (Å²) < 4.78 is 5.76. The van der Waals surface area contributed by atoms with Crippen LogP contribution in [-0.2, 0) is 9.53 Å². The topological polar surface area (TPSA) is 58.8 Å². The summed E-state index contributed by atoms with van der Waals surface area (Å²) in [6.45, 7) is 4.38. The Morgan fingerprint density at radius 3 is 2.29 bits per heavy atom. The normalized spacial score (nSPS) is 38.7. The van der Waals surface area contributed by atoms with Gasteiger partial charge in [-0.15, -0.1) is 24.8 Å². The van der Waals surface area contributed by atoms with Gasteiger partial charge in [-0.3, -0.25) is 9.69 Å². The van der Waals surface area contributed by atoms with Gasteiger partial charge in [0.15, 0.2) is 0 Å². The minimum Gasteiger partial charge on any atom is -0.364 e. The molecule has 2 heterocycles. The first-order valence-electron chi connectivity index (χ1n) is 9.13. The second kappa shape index (κ2) is 8.54. The summed E-state index contributed by atoms with van der Waals surface area (Å²) in [6, 6.07) is 0.806. The number of carbonyl (C=O) groups excluding carboxylic acids is 1. The number of ether oxygens (including phenoxy) is 1. The SMILES string of the molecule is Cl.Cl.NC[C@H]1CC[C@@H](C(=O)N2CCN(C3CC4CCC3C4)CC2)O1. The van der Waals surface area contributed by atoms with E-state index in [2.05, 4.69) is 4.90 Å². The molecule has 4 aliphatic rings. The van der Waals surface area contributed by atoms with Crippen LogP contribution in [0.3, 0.4) is 0 Å². The molecule has 1 amide bonds. The summed E-state index contributed by atoms with van der Waals surface area (Å²) in [7, 11) is 0. The molecule has 2 saturated heterocycles. The average Bonchev–Trinajstić information content (AvgIpc) is 3.30. The van der Waals surface area contributed by atoms with E-state index < -0.39 is 0 Å². The largest absolute Gasteiger partial charge is 0.364 e. The number of halogens is 2. The molecule has 4 fully saturated rings. The van der Waals surface area contributed by atoms with Crippen molar-refractivity contribution in [2.45, 2.75) is 56.8 Å². The van der Waals surface area contributed by atoms with Gasteiger partial charge in [-0.05, 0) is 43.9 Å². The highest BCUT2D eigenvalue weighted by atomic mass is 35.5. The molecule has 0 spiro atoms. The predicted molar refractivity (Wildman–Crippen MR) is 98.8 cm³/mol. The molecule has 2 aliphatic heterocycles. The number of amides is 1. The van der Waals surface area contributed by atoms with Crippen LogP contribution in [0.2, 0.25) is 0 Å². The summed E-state index contributed by atoms with van der Waals surface area (Å²) in [5.74, 6) is 2.13. The molecule has 0 aromatic rings. The lowest BCUT2D eigenvalue weighted by molar-refractivity contribution is -0.145.